The van der Waals surface area contributed by atoms with Gasteiger partial charge in [-0.3, -0.25) is 14.3 Å². The summed E-state index contributed by atoms with van der Waals surface area (Å²) in [4.78, 5) is 28.9. The lowest BCUT2D eigenvalue weighted by Gasteiger charge is -2.34. The number of aromatic nitrogens is 2. The minimum absolute atomic E-state index is 0.0305. The van der Waals surface area contributed by atoms with Crippen LogP contribution >= 0.6 is 0 Å². The van der Waals surface area contributed by atoms with Gasteiger partial charge in [0.25, 0.3) is 5.91 Å². The van der Waals surface area contributed by atoms with Crippen LogP contribution in [-0.4, -0.2) is 51.0 Å². The maximum absolute atomic E-state index is 12.6. The van der Waals surface area contributed by atoms with E-state index in [0.717, 1.165) is 12.1 Å². The number of hydrogen-bond donors (Lipinski definition) is 0. The summed E-state index contributed by atoms with van der Waals surface area (Å²) in [5.41, 5.74) is 1.63. The molecule has 1 aromatic heterocycles. The van der Waals surface area contributed by atoms with Gasteiger partial charge < -0.3 is 9.80 Å². The number of benzene rings is 1. The predicted molar refractivity (Wildman–Crippen MR) is 92.6 cm³/mol. The maximum atomic E-state index is 12.6. The highest BCUT2D eigenvalue weighted by molar-refractivity contribution is 5.92. The second kappa shape index (κ2) is 6.35. The van der Waals surface area contributed by atoms with E-state index in [1.54, 1.807) is 24.0 Å². The van der Waals surface area contributed by atoms with Gasteiger partial charge in [0.2, 0.25) is 5.91 Å². The van der Waals surface area contributed by atoms with E-state index in [-0.39, 0.29) is 17.7 Å². The molecule has 6 heteroatoms. The monoisotopic (exact) mass is 338 g/mol. The number of hydrogen-bond acceptors (Lipinski definition) is 3. The number of nitrogens with zero attached hydrogens (tertiary/aromatic N) is 4. The van der Waals surface area contributed by atoms with E-state index in [4.69, 9.17) is 0 Å². The molecule has 2 saturated heterocycles. The van der Waals surface area contributed by atoms with Crippen LogP contribution < -0.4 is 0 Å². The zero-order chi connectivity index (χ0) is 17.4. The average Bonchev–Trinajstić information content (AvgIpc) is 3.21. The third kappa shape index (κ3) is 3.16. The summed E-state index contributed by atoms with van der Waals surface area (Å²) >= 11 is 0. The molecule has 130 valence electrons. The number of aryl methyl sites for hydroxylation is 1. The molecule has 0 saturated carbocycles. The van der Waals surface area contributed by atoms with E-state index in [2.05, 4.69) is 5.10 Å². The van der Waals surface area contributed by atoms with Crippen LogP contribution in [0, 0.1) is 11.8 Å². The summed E-state index contributed by atoms with van der Waals surface area (Å²) in [5, 5.41) is 4.21. The second-order valence-corrected chi connectivity index (χ2v) is 7.07. The molecule has 0 bridgehead atoms. The van der Waals surface area contributed by atoms with E-state index in [1.165, 1.54) is 0 Å². The highest BCUT2D eigenvalue weighted by Crippen LogP contribution is 2.33. The number of fused-ring (bicyclic) bond motifs is 1. The molecule has 0 spiro atoms. The second-order valence-electron chi connectivity index (χ2n) is 7.07. The summed E-state index contributed by atoms with van der Waals surface area (Å²) in [6.45, 7) is 2.74. The van der Waals surface area contributed by atoms with Crippen LogP contribution in [0.5, 0.6) is 0 Å². The molecule has 1 aromatic carbocycles. The molecule has 2 aliphatic rings. The van der Waals surface area contributed by atoms with Crippen molar-refractivity contribution in [1.29, 1.82) is 0 Å². The van der Waals surface area contributed by atoms with Crippen LogP contribution in [0.4, 0.5) is 0 Å². The molecule has 4 rings (SSSR count). The van der Waals surface area contributed by atoms with Crippen molar-refractivity contribution < 1.29 is 9.59 Å². The van der Waals surface area contributed by atoms with Crippen molar-refractivity contribution in [3.8, 4) is 0 Å². The highest BCUT2D eigenvalue weighted by Gasteiger charge is 2.42. The fourth-order valence-electron chi connectivity index (χ4n) is 3.93. The molecule has 2 amide bonds. The molecule has 3 heterocycles. The zero-order valence-corrected chi connectivity index (χ0v) is 14.3. The number of likely N-dealkylation sites (tertiary alicyclic amines) is 2. The van der Waals surface area contributed by atoms with Crippen LogP contribution in [0.3, 0.4) is 0 Å². The van der Waals surface area contributed by atoms with Crippen molar-refractivity contribution in [3.05, 3.63) is 53.9 Å². The third-order valence-electron chi connectivity index (χ3n) is 5.26. The smallest absolute Gasteiger partial charge is 0.274 e. The molecule has 0 unspecified atom stereocenters. The van der Waals surface area contributed by atoms with Gasteiger partial charge in [0, 0.05) is 45.8 Å². The Balaban J connectivity index is 1.43. The number of carbonyl (C=O) groups is 2. The van der Waals surface area contributed by atoms with Crippen molar-refractivity contribution in [2.24, 2.45) is 18.9 Å². The van der Waals surface area contributed by atoms with E-state index in [0.29, 0.717) is 37.7 Å². The minimum Gasteiger partial charge on any atom is -0.338 e. The van der Waals surface area contributed by atoms with Crippen molar-refractivity contribution >= 4 is 11.8 Å². The first-order valence-corrected chi connectivity index (χ1v) is 8.71. The molecule has 2 aromatic rings. The van der Waals surface area contributed by atoms with E-state index < -0.39 is 0 Å². The molecular weight excluding hydrogens is 316 g/mol. The van der Waals surface area contributed by atoms with Gasteiger partial charge in [0.15, 0.2) is 0 Å². The van der Waals surface area contributed by atoms with Crippen LogP contribution in [0.15, 0.2) is 42.6 Å². The Morgan fingerprint density at radius 3 is 2.60 bits per heavy atom. The molecule has 0 aliphatic carbocycles. The number of piperidine rings is 1. The first kappa shape index (κ1) is 15.9. The summed E-state index contributed by atoms with van der Waals surface area (Å²) in [6.07, 6.45) is 2.31. The molecule has 0 radical (unpaired) electrons. The molecule has 25 heavy (non-hydrogen) atoms. The molecule has 2 aliphatic heterocycles. The summed E-state index contributed by atoms with van der Waals surface area (Å²) in [5.74, 6) is 0.788. The summed E-state index contributed by atoms with van der Waals surface area (Å²) in [6, 6.07) is 11.8. The van der Waals surface area contributed by atoms with Gasteiger partial charge in [0.05, 0.1) is 0 Å². The normalized spacial score (nSPS) is 23.0. The number of rotatable bonds is 3. The summed E-state index contributed by atoms with van der Waals surface area (Å²) < 4.78 is 1.64. The quantitative estimate of drug-likeness (QED) is 0.853. The Kier molecular flexibility index (Phi) is 4.03. The van der Waals surface area contributed by atoms with Crippen molar-refractivity contribution in [2.45, 2.75) is 13.0 Å². The van der Waals surface area contributed by atoms with Gasteiger partial charge in [-0.25, -0.2) is 0 Å². The van der Waals surface area contributed by atoms with Crippen LogP contribution in [0.1, 0.15) is 22.5 Å². The SMILES string of the molecule is Cn1ccc(C(=O)N2C[C@H]3CN(Cc4ccccc4)C(=O)C[C@H]3C2)n1. The van der Waals surface area contributed by atoms with Crippen molar-refractivity contribution in [1.82, 2.24) is 19.6 Å². The highest BCUT2D eigenvalue weighted by atomic mass is 16.2. The molecular formula is C19H22N4O2. The number of amides is 2. The Hall–Kier alpha value is -2.63. The Morgan fingerprint density at radius 1 is 1.12 bits per heavy atom. The van der Waals surface area contributed by atoms with Crippen molar-refractivity contribution in [2.75, 3.05) is 19.6 Å². The fraction of sp³-hybridized carbons (Fsp3) is 0.421. The Bertz CT molecular complexity index is 786. The first-order valence-electron chi connectivity index (χ1n) is 8.71. The lowest BCUT2D eigenvalue weighted by Crippen LogP contribution is -2.43. The summed E-state index contributed by atoms with van der Waals surface area (Å²) in [7, 11) is 1.81. The molecule has 2 fully saturated rings. The van der Waals surface area contributed by atoms with Crippen LogP contribution in [0.2, 0.25) is 0 Å². The Morgan fingerprint density at radius 2 is 1.88 bits per heavy atom. The minimum atomic E-state index is -0.0305. The maximum Gasteiger partial charge on any atom is 0.274 e. The largest absolute Gasteiger partial charge is 0.338 e. The average molecular weight is 338 g/mol. The van der Waals surface area contributed by atoms with E-state index in [9.17, 15) is 9.59 Å². The Labute approximate surface area is 147 Å². The molecule has 0 N–H and O–H groups in total. The standard InChI is InChI=1S/C19H22N4O2/c1-21-8-7-17(20-21)19(25)23-11-15-9-18(24)22(12-16(15)13-23)10-14-5-3-2-4-6-14/h2-8,15-16H,9-13H2,1H3/t15-,16+/m0/s1. The van der Waals surface area contributed by atoms with Crippen LogP contribution in [-0.2, 0) is 18.4 Å². The fourth-order valence-corrected chi connectivity index (χ4v) is 3.93. The van der Waals surface area contributed by atoms with E-state index in [1.807, 2.05) is 40.1 Å². The third-order valence-corrected chi connectivity index (χ3v) is 5.26. The van der Waals surface area contributed by atoms with Gasteiger partial charge in [-0.15, -0.1) is 0 Å². The van der Waals surface area contributed by atoms with Gasteiger partial charge in [0.1, 0.15) is 5.69 Å². The van der Waals surface area contributed by atoms with Crippen LogP contribution in [0.25, 0.3) is 0 Å². The lowest BCUT2D eigenvalue weighted by molar-refractivity contribution is -0.136. The number of carbonyl (C=O) groups excluding carboxylic acids is 2. The predicted octanol–water partition coefficient (Wildman–Crippen LogP) is 1.54. The zero-order valence-electron chi connectivity index (χ0n) is 14.3. The first-order chi connectivity index (χ1) is 12.1. The van der Waals surface area contributed by atoms with Gasteiger partial charge in [-0.2, -0.15) is 5.10 Å². The van der Waals surface area contributed by atoms with E-state index >= 15 is 0 Å². The van der Waals surface area contributed by atoms with Crippen molar-refractivity contribution in [3.63, 3.8) is 0 Å². The van der Waals surface area contributed by atoms with Gasteiger partial charge in [-0.1, -0.05) is 30.3 Å². The molecule has 6 nitrogen and oxygen atoms in total. The molecule has 2 atom stereocenters. The topological polar surface area (TPSA) is 58.4 Å². The van der Waals surface area contributed by atoms with Gasteiger partial charge >= 0.3 is 0 Å². The lowest BCUT2D eigenvalue weighted by atomic mass is 9.88. The van der Waals surface area contributed by atoms with Gasteiger partial charge in [-0.05, 0) is 23.5 Å².